The van der Waals surface area contributed by atoms with E-state index >= 15 is 0 Å². The number of amides is 2. The number of aromatic hydroxyl groups is 1. The topological polar surface area (TPSA) is 138 Å². The van der Waals surface area contributed by atoms with Gasteiger partial charge in [0, 0.05) is 69.3 Å². The van der Waals surface area contributed by atoms with E-state index in [1.807, 2.05) is 41.8 Å². The molecule has 1 saturated heterocycles. The predicted octanol–water partition coefficient (Wildman–Crippen LogP) is 9.26. The van der Waals surface area contributed by atoms with Gasteiger partial charge >= 0.3 is 5.97 Å². The second-order valence-corrected chi connectivity index (χ2v) is 18.4. The first kappa shape index (κ1) is 53.9. The molecule has 0 radical (unpaired) electrons. The van der Waals surface area contributed by atoms with Crippen molar-refractivity contribution in [2.75, 3.05) is 80.0 Å². The quantitative estimate of drug-likeness (QED) is 0.0820. The minimum absolute atomic E-state index is 0.0135. The fraction of sp³-hybridized carbons (Fsp3) is 0.717. The monoisotopic (exact) mass is 908 g/mol. The normalized spacial score (nSPS) is 17.8. The van der Waals surface area contributed by atoms with Crippen LogP contribution in [-0.4, -0.2) is 135 Å². The molecule has 2 fully saturated rings. The number of carbonyl (C=O) groups excluding carboxylic acids is 3. The van der Waals surface area contributed by atoms with E-state index in [1.165, 1.54) is 78.0 Å². The highest BCUT2D eigenvalue weighted by molar-refractivity contribution is 5.98. The number of ether oxygens (including phenoxy) is 4. The molecule has 3 heterocycles. The zero-order valence-electron chi connectivity index (χ0n) is 40.9. The molecule has 12 heteroatoms. The fourth-order valence-electron chi connectivity index (χ4n) is 9.89. The lowest BCUT2D eigenvalue weighted by atomic mass is 9.86. The number of piperidine rings is 1. The lowest BCUT2D eigenvalue weighted by molar-refractivity contribution is -0.141. The molecule has 0 spiro atoms. The zero-order valence-corrected chi connectivity index (χ0v) is 40.9. The largest absolute Gasteiger partial charge is 0.508 e. The van der Waals surface area contributed by atoms with E-state index in [1.54, 1.807) is 18.2 Å². The number of likely N-dealkylation sites (tertiary alicyclic amines) is 1. The van der Waals surface area contributed by atoms with Crippen LogP contribution in [0.5, 0.6) is 11.5 Å². The Labute approximate surface area is 391 Å². The average Bonchev–Trinajstić information content (AvgIpc) is 3.32. The van der Waals surface area contributed by atoms with Crippen LogP contribution in [0.2, 0.25) is 0 Å². The van der Waals surface area contributed by atoms with Gasteiger partial charge in [0.1, 0.15) is 11.5 Å². The SMILES string of the molecule is CCOCCCC(CC(=O)OC)N1CCc2cc(OCCCC3CCN(C)CC3)ccc2C1=O.CCOCCCC(CC)N1CCc2cc(O)ccc2C1=O.OCCCC1CCCCC1. The minimum Gasteiger partial charge on any atom is -0.508 e. The van der Waals surface area contributed by atoms with E-state index in [9.17, 15) is 19.5 Å². The Bertz CT molecular complexity index is 1680. The molecule has 4 aliphatic rings. The second kappa shape index (κ2) is 30.6. The molecule has 1 aliphatic carbocycles. The maximum Gasteiger partial charge on any atom is 0.307 e. The molecular formula is C53H85N3O9. The summed E-state index contributed by atoms with van der Waals surface area (Å²) in [4.78, 5) is 44.1. The Morgan fingerprint density at radius 1 is 0.708 bits per heavy atom. The van der Waals surface area contributed by atoms with E-state index in [4.69, 9.17) is 24.1 Å². The molecule has 2 aromatic carbocycles. The van der Waals surface area contributed by atoms with Gasteiger partial charge < -0.3 is 43.9 Å². The standard InChI is InChI=1S/C27H42N2O5.C17H25NO3.C9H18O/c1-4-33-17-6-8-23(20-26(30)32-3)29-16-13-22-19-24(9-10-25(22)27(29)31)34-18-5-7-21-11-14-28(2)15-12-21;1-3-14(6-5-11-21-4-2)18-10-9-13-12-15(19)7-8-16(13)17(18)20;10-8-4-7-9-5-2-1-3-6-9/h9-10,19,21,23H,4-8,11-18,20H2,1-3H3;7-8,12,14,19H,3-6,9-11H2,1-2H3;9-10H,1-8H2. The highest BCUT2D eigenvalue weighted by Crippen LogP contribution is 2.30. The summed E-state index contributed by atoms with van der Waals surface area (Å²) in [6, 6.07) is 10.9. The van der Waals surface area contributed by atoms with Gasteiger partial charge in [-0.2, -0.15) is 0 Å². The Morgan fingerprint density at radius 2 is 1.28 bits per heavy atom. The van der Waals surface area contributed by atoms with Crippen molar-refractivity contribution in [1.82, 2.24) is 14.7 Å². The summed E-state index contributed by atoms with van der Waals surface area (Å²) in [5.74, 6) is 2.63. The minimum atomic E-state index is -0.288. The van der Waals surface area contributed by atoms with E-state index in [0.29, 0.717) is 45.0 Å². The molecule has 2 unspecified atom stereocenters. The molecule has 2 amide bonds. The molecule has 2 N–H and O–H groups in total. The van der Waals surface area contributed by atoms with Crippen molar-refractivity contribution in [2.24, 2.45) is 11.8 Å². The van der Waals surface area contributed by atoms with Gasteiger partial charge in [-0.05, 0) is 177 Å². The van der Waals surface area contributed by atoms with Crippen molar-refractivity contribution in [3.05, 3.63) is 58.7 Å². The molecule has 2 aromatic rings. The van der Waals surface area contributed by atoms with Crippen LogP contribution in [0.3, 0.4) is 0 Å². The summed E-state index contributed by atoms with van der Waals surface area (Å²) in [6.45, 7) is 13.7. The highest BCUT2D eigenvalue weighted by atomic mass is 16.5. The number of carbonyl (C=O) groups is 3. The van der Waals surface area contributed by atoms with Crippen LogP contribution in [0.25, 0.3) is 0 Å². The van der Waals surface area contributed by atoms with Gasteiger partial charge in [-0.3, -0.25) is 14.4 Å². The number of aliphatic hydroxyl groups is 1. The zero-order chi connectivity index (χ0) is 46.8. The van der Waals surface area contributed by atoms with Crippen LogP contribution < -0.4 is 4.74 Å². The maximum atomic E-state index is 13.3. The second-order valence-electron chi connectivity index (χ2n) is 18.4. The molecule has 1 saturated carbocycles. The number of benzene rings is 2. The number of rotatable bonds is 23. The number of esters is 1. The number of hydrogen-bond acceptors (Lipinski definition) is 10. The number of methoxy groups -OCH3 is 1. The van der Waals surface area contributed by atoms with Gasteiger partial charge in [0.15, 0.2) is 0 Å². The van der Waals surface area contributed by atoms with Crippen molar-refractivity contribution in [3.63, 3.8) is 0 Å². The molecule has 0 bridgehead atoms. The molecule has 6 rings (SSSR count). The van der Waals surface area contributed by atoms with Gasteiger partial charge in [0.25, 0.3) is 11.8 Å². The Morgan fingerprint density at radius 3 is 1.88 bits per heavy atom. The summed E-state index contributed by atoms with van der Waals surface area (Å²) in [5, 5.41) is 18.1. The lowest BCUT2D eigenvalue weighted by Crippen LogP contribution is -2.45. The molecule has 0 aromatic heterocycles. The maximum absolute atomic E-state index is 13.3. The molecular weight excluding hydrogens is 823 g/mol. The molecule has 366 valence electrons. The van der Waals surface area contributed by atoms with Crippen molar-refractivity contribution in [2.45, 2.75) is 155 Å². The molecule has 65 heavy (non-hydrogen) atoms. The number of aliphatic hydroxyl groups excluding tert-OH is 1. The third kappa shape index (κ3) is 18.5. The number of phenolic OH excluding ortho intramolecular Hbond substituents is 1. The third-order valence-electron chi connectivity index (χ3n) is 13.8. The van der Waals surface area contributed by atoms with Crippen molar-refractivity contribution in [3.8, 4) is 11.5 Å². The van der Waals surface area contributed by atoms with Gasteiger partial charge in [0.05, 0.1) is 20.1 Å². The van der Waals surface area contributed by atoms with E-state index in [0.717, 1.165) is 105 Å². The first-order valence-electron chi connectivity index (χ1n) is 25.3. The summed E-state index contributed by atoms with van der Waals surface area (Å²) in [7, 11) is 3.59. The number of hydrogen-bond donors (Lipinski definition) is 2. The van der Waals surface area contributed by atoms with Crippen LogP contribution in [0.15, 0.2) is 36.4 Å². The number of phenols is 1. The van der Waals surface area contributed by atoms with Crippen LogP contribution in [0.4, 0.5) is 0 Å². The Hall–Kier alpha value is -3.71. The Balaban J connectivity index is 0.000000251. The molecule has 3 aliphatic heterocycles. The fourth-order valence-corrected chi connectivity index (χ4v) is 9.89. The molecule has 2 atom stereocenters. The summed E-state index contributed by atoms with van der Waals surface area (Å²) in [6.07, 6.45) is 20.5. The first-order chi connectivity index (χ1) is 31.6. The summed E-state index contributed by atoms with van der Waals surface area (Å²) < 4.78 is 21.7. The third-order valence-corrected chi connectivity index (χ3v) is 13.8. The number of nitrogens with zero attached hydrogens (tertiary/aromatic N) is 3. The molecule has 12 nitrogen and oxygen atoms in total. The Kier molecular flexibility index (Phi) is 25.3. The smallest absolute Gasteiger partial charge is 0.307 e. The summed E-state index contributed by atoms with van der Waals surface area (Å²) >= 11 is 0. The van der Waals surface area contributed by atoms with Gasteiger partial charge in [-0.1, -0.05) is 39.0 Å². The first-order valence-corrected chi connectivity index (χ1v) is 25.3. The van der Waals surface area contributed by atoms with Gasteiger partial charge in [-0.15, -0.1) is 0 Å². The summed E-state index contributed by atoms with van der Waals surface area (Å²) in [5.41, 5.74) is 3.44. The predicted molar refractivity (Wildman–Crippen MR) is 258 cm³/mol. The number of fused-ring (bicyclic) bond motifs is 2. The van der Waals surface area contributed by atoms with Crippen molar-refractivity contribution in [1.29, 1.82) is 0 Å². The van der Waals surface area contributed by atoms with Crippen molar-refractivity contribution < 1.29 is 43.5 Å². The van der Waals surface area contributed by atoms with Gasteiger partial charge in [0.2, 0.25) is 0 Å². The van der Waals surface area contributed by atoms with Crippen LogP contribution in [0.1, 0.15) is 162 Å². The average molecular weight is 908 g/mol. The highest BCUT2D eigenvalue weighted by Gasteiger charge is 2.32. The van der Waals surface area contributed by atoms with E-state index in [2.05, 4.69) is 18.9 Å². The van der Waals surface area contributed by atoms with E-state index in [-0.39, 0.29) is 42.0 Å². The van der Waals surface area contributed by atoms with Crippen LogP contribution in [0, 0.1) is 11.8 Å². The van der Waals surface area contributed by atoms with Crippen LogP contribution in [-0.2, 0) is 31.8 Å². The van der Waals surface area contributed by atoms with Gasteiger partial charge in [-0.25, -0.2) is 0 Å². The lowest BCUT2D eigenvalue weighted by Gasteiger charge is -2.35. The van der Waals surface area contributed by atoms with Crippen molar-refractivity contribution >= 4 is 17.8 Å². The van der Waals surface area contributed by atoms with E-state index < -0.39 is 0 Å². The van der Waals surface area contributed by atoms with Crippen LogP contribution >= 0.6 is 0 Å².